The average molecular weight is 258 g/mol. The van der Waals surface area contributed by atoms with Crippen molar-refractivity contribution in [2.24, 2.45) is 0 Å². The second kappa shape index (κ2) is 7.69. The zero-order valence-corrected chi connectivity index (χ0v) is 9.70. The number of quaternary nitrogens is 1. The summed E-state index contributed by atoms with van der Waals surface area (Å²) in [6, 6.07) is 0. The van der Waals surface area contributed by atoms with E-state index >= 15 is 0 Å². The Hall–Kier alpha value is 0.309. The molecule has 0 aromatic rings. The summed E-state index contributed by atoms with van der Waals surface area (Å²) in [6.07, 6.45) is 0. The summed E-state index contributed by atoms with van der Waals surface area (Å²) in [5.41, 5.74) is 0. The van der Waals surface area contributed by atoms with Gasteiger partial charge in [-0.15, -0.1) is 0 Å². The second-order valence-corrected chi connectivity index (χ2v) is 4.08. The molecule has 0 spiro atoms. The van der Waals surface area contributed by atoms with Crippen LogP contribution in [0.4, 0.5) is 0 Å². The van der Waals surface area contributed by atoms with Crippen LogP contribution in [0.15, 0.2) is 0 Å². The fourth-order valence-corrected chi connectivity index (χ4v) is 0.300. The van der Waals surface area contributed by atoms with Crippen molar-refractivity contribution in [1.29, 1.82) is 0 Å². The molecule has 6 nitrogen and oxygen atoms in total. The zero-order chi connectivity index (χ0) is 10.4. The van der Waals surface area contributed by atoms with Crippen LogP contribution in [0.1, 0.15) is 0 Å². The number of aliphatic hydroxyl groups excluding tert-OH is 1. The van der Waals surface area contributed by atoms with Crippen LogP contribution >= 0.6 is 0 Å². The van der Waals surface area contributed by atoms with Crippen LogP contribution < -0.4 is 0 Å². The van der Waals surface area contributed by atoms with E-state index in [0.717, 1.165) is 11.0 Å². The van der Waals surface area contributed by atoms with E-state index < -0.39 is 10.4 Å². The third kappa shape index (κ3) is 70.4. The minimum atomic E-state index is -4.67. The van der Waals surface area contributed by atoms with Crippen molar-refractivity contribution in [3.63, 3.8) is 0 Å². The summed E-state index contributed by atoms with van der Waals surface area (Å²) in [5.74, 6) is 0. The van der Waals surface area contributed by atoms with E-state index in [0.29, 0.717) is 0 Å². The van der Waals surface area contributed by atoms with Crippen LogP contribution in [0.25, 0.3) is 0 Å². The SMILES string of the molecule is C[N+](C)(C)CCO.O=S(=O)(O)O.[Fe]. The Kier molecular flexibility index (Phi) is 11.2. The normalized spacial score (nSPS) is 10.9. The monoisotopic (exact) mass is 258 g/mol. The quantitative estimate of drug-likeness (QED) is 0.336. The summed E-state index contributed by atoms with van der Waals surface area (Å²) in [4.78, 5) is 0. The van der Waals surface area contributed by atoms with Crippen LogP contribution in [-0.4, -0.2) is 61.4 Å². The molecule has 0 radical (unpaired) electrons. The molecular formula is C5H16FeNO5S+. The Balaban J connectivity index is -0.000000150. The first-order valence-corrected chi connectivity index (χ1v) is 4.57. The molecule has 13 heavy (non-hydrogen) atoms. The van der Waals surface area contributed by atoms with Gasteiger partial charge in [0.15, 0.2) is 0 Å². The molecule has 0 bridgehead atoms. The predicted molar refractivity (Wildman–Crippen MR) is 44.2 cm³/mol. The molecule has 0 aliphatic heterocycles. The van der Waals surface area contributed by atoms with Crippen LogP contribution in [0.3, 0.4) is 0 Å². The van der Waals surface area contributed by atoms with Gasteiger partial charge in [-0.2, -0.15) is 8.42 Å². The Morgan fingerprint density at radius 1 is 1.15 bits per heavy atom. The van der Waals surface area contributed by atoms with Crippen LogP contribution in [0.5, 0.6) is 0 Å². The van der Waals surface area contributed by atoms with E-state index in [4.69, 9.17) is 22.6 Å². The molecule has 0 unspecified atom stereocenters. The molecule has 0 fully saturated rings. The van der Waals surface area contributed by atoms with Gasteiger partial charge in [-0.05, 0) is 0 Å². The van der Waals surface area contributed by atoms with E-state index in [1.54, 1.807) is 0 Å². The van der Waals surface area contributed by atoms with E-state index in [-0.39, 0.29) is 23.7 Å². The van der Waals surface area contributed by atoms with Gasteiger partial charge in [-0.25, -0.2) is 0 Å². The number of hydrogen-bond acceptors (Lipinski definition) is 3. The largest absolute Gasteiger partial charge is 0.394 e. The van der Waals surface area contributed by atoms with Gasteiger partial charge in [0.05, 0.1) is 27.7 Å². The maximum absolute atomic E-state index is 8.74. The Morgan fingerprint density at radius 3 is 1.38 bits per heavy atom. The fourth-order valence-electron chi connectivity index (χ4n) is 0.300. The van der Waals surface area contributed by atoms with Crippen molar-refractivity contribution in [3.8, 4) is 0 Å². The molecule has 0 rings (SSSR count). The van der Waals surface area contributed by atoms with Gasteiger partial charge < -0.3 is 9.59 Å². The van der Waals surface area contributed by atoms with E-state index in [1.165, 1.54) is 0 Å². The van der Waals surface area contributed by atoms with Crippen molar-refractivity contribution in [2.45, 2.75) is 0 Å². The summed E-state index contributed by atoms with van der Waals surface area (Å²) in [5, 5.41) is 8.39. The Morgan fingerprint density at radius 2 is 1.38 bits per heavy atom. The number of aliphatic hydroxyl groups is 1. The molecule has 0 aromatic carbocycles. The second-order valence-electron chi connectivity index (χ2n) is 3.19. The first-order valence-electron chi connectivity index (χ1n) is 3.17. The minimum Gasteiger partial charge on any atom is -0.391 e. The van der Waals surface area contributed by atoms with Crippen molar-refractivity contribution >= 4 is 10.4 Å². The van der Waals surface area contributed by atoms with Gasteiger partial charge in [0.25, 0.3) is 0 Å². The molecule has 84 valence electrons. The zero-order valence-electron chi connectivity index (χ0n) is 7.78. The number of hydrogen-bond donors (Lipinski definition) is 3. The van der Waals surface area contributed by atoms with Gasteiger partial charge in [0.2, 0.25) is 0 Å². The van der Waals surface area contributed by atoms with Crippen LogP contribution in [0.2, 0.25) is 0 Å². The molecule has 0 heterocycles. The summed E-state index contributed by atoms with van der Waals surface area (Å²) in [6.45, 7) is 1.11. The topological polar surface area (TPSA) is 94.8 Å². The molecule has 0 aromatic heterocycles. The standard InChI is InChI=1S/C5H14NO.Fe.H2O4S/c1-6(2,3)4-5-7;;1-5(2,3)4/h7H,4-5H2,1-3H3;;(H2,1,2,3,4)/q+1;;. The maximum atomic E-state index is 8.74. The first-order chi connectivity index (χ1) is 5.06. The number of likely N-dealkylation sites (N-methyl/N-ethyl adjacent to an activating group) is 1. The summed E-state index contributed by atoms with van der Waals surface area (Å²) >= 11 is 0. The van der Waals surface area contributed by atoms with Gasteiger partial charge in [0.1, 0.15) is 6.54 Å². The predicted octanol–water partition coefficient (Wildman–Crippen LogP) is -0.970. The van der Waals surface area contributed by atoms with Gasteiger partial charge in [-0.3, -0.25) is 9.11 Å². The third-order valence-electron chi connectivity index (χ3n) is 0.771. The van der Waals surface area contributed by atoms with Crippen molar-refractivity contribution in [1.82, 2.24) is 0 Å². The van der Waals surface area contributed by atoms with E-state index in [2.05, 4.69) is 21.1 Å². The van der Waals surface area contributed by atoms with Crippen molar-refractivity contribution < 1.29 is 44.2 Å². The van der Waals surface area contributed by atoms with Crippen molar-refractivity contribution in [3.05, 3.63) is 0 Å². The van der Waals surface area contributed by atoms with Crippen LogP contribution in [-0.2, 0) is 27.5 Å². The van der Waals surface area contributed by atoms with Crippen LogP contribution in [0, 0.1) is 0 Å². The number of nitrogens with zero attached hydrogens (tertiary/aromatic N) is 1. The van der Waals surface area contributed by atoms with E-state index in [9.17, 15) is 0 Å². The molecule has 0 atom stereocenters. The van der Waals surface area contributed by atoms with E-state index in [1.807, 2.05) is 0 Å². The molecule has 8 heteroatoms. The smallest absolute Gasteiger partial charge is 0.391 e. The van der Waals surface area contributed by atoms with Gasteiger partial charge in [-0.1, -0.05) is 0 Å². The summed E-state index contributed by atoms with van der Waals surface area (Å²) < 4.78 is 32.4. The van der Waals surface area contributed by atoms with Gasteiger partial charge >= 0.3 is 10.4 Å². The Bertz CT molecular complexity index is 189. The molecule has 3 N–H and O–H groups in total. The van der Waals surface area contributed by atoms with Gasteiger partial charge in [0, 0.05) is 17.1 Å². The summed E-state index contributed by atoms with van der Waals surface area (Å²) in [7, 11) is 1.49. The maximum Gasteiger partial charge on any atom is 0.394 e. The molecule has 0 aliphatic carbocycles. The molecule has 0 aliphatic rings. The Labute approximate surface area is 89.2 Å². The molecule has 0 saturated carbocycles. The minimum absolute atomic E-state index is 0. The third-order valence-corrected chi connectivity index (χ3v) is 0.771. The van der Waals surface area contributed by atoms with Crippen molar-refractivity contribution in [2.75, 3.05) is 34.3 Å². The first kappa shape index (κ1) is 19.0. The molecule has 0 saturated heterocycles. The molecule has 0 amide bonds. The fraction of sp³-hybridized carbons (Fsp3) is 1.00. The number of rotatable bonds is 2. The molecular weight excluding hydrogens is 242 g/mol. The average Bonchev–Trinajstić information content (AvgIpc) is 1.54.